The van der Waals surface area contributed by atoms with Gasteiger partial charge in [-0.1, -0.05) is 24.3 Å². The lowest BCUT2D eigenvalue weighted by Gasteiger charge is -2.46. The van der Waals surface area contributed by atoms with Crippen LogP contribution in [0, 0.1) is 0 Å². The van der Waals surface area contributed by atoms with Crippen LogP contribution < -0.4 is 5.32 Å². The van der Waals surface area contributed by atoms with Crippen LogP contribution in [-0.2, 0) is 14.9 Å². The molecule has 3 aliphatic heterocycles. The molecule has 164 valence electrons. The molecule has 0 radical (unpaired) electrons. The number of halogens is 3. The van der Waals surface area contributed by atoms with Crippen LogP contribution in [0.4, 0.5) is 18.0 Å². The first-order valence-corrected chi connectivity index (χ1v) is 10.2. The molecule has 0 aromatic heterocycles. The van der Waals surface area contributed by atoms with Gasteiger partial charge < -0.3 is 19.9 Å². The Bertz CT molecular complexity index is 819. The number of rotatable bonds is 2. The third-order valence-corrected chi connectivity index (χ3v) is 6.56. The molecule has 0 bridgehead atoms. The molecule has 3 heterocycles. The van der Waals surface area contributed by atoms with Crippen LogP contribution in [0.3, 0.4) is 0 Å². The van der Waals surface area contributed by atoms with Gasteiger partial charge in [-0.3, -0.25) is 4.79 Å². The number of amides is 3. The predicted octanol–water partition coefficient (Wildman–Crippen LogP) is 2.64. The van der Waals surface area contributed by atoms with E-state index in [0.717, 1.165) is 5.56 Å². The first kappa shape index (κ1) is 21.0. The molecule has 3 amide bonds. The van der Waals surface area contributed by atoms with E-state index in [1.807, 2.05) is 0 Å². The van der Waals surface area contributed by atoms with Crippen molar-refractivity contribution in [3.8, 4) is 0 Å². The minimum atomic E-state index is -4.31. The summed E-state index contributed by atoms with van der Waals surface area (Å²) in [7, 11) is 0. The Morgan fingerprint density at radius 1 is 1.10 bits per heavy atom. The second-order valence-electron chi connectivity index (χ2n) is 8.89. The van der Waals surface area contributed by atoms with Crippen molar-refractivity contribution in [2.24, 2.45) is 0 Å². The van der Waals surface area contributed by atoms with Crippen LogP contribution in [0.15, 0.2) is 24.3 Å². The number of morpholine rings is 1. The number of carbonyl (C=O) groups is 2. The quantitative estimate of drug-likeness (QED) is 0.793. The van der Waals surface area contributed by atoms with Gasteiger partial charge in [0.1, 0.15) is 6.61 Å². The number of carbonyl (C=O) groups excluding carboxylic acids is 2. The topological polar surface area (TPSA) is 61.9 Å². The number of likely N-dealkylation sites (tertiary alicyclic amines) is 2. The maximum atomic E-state index is 13.2. The number of alkyl halides is 3. The first-order chi connectivity index (χ1) is 14.1. The number of nitrogens with zero attached hydrogens (tertiary/aromatic N) is 2. The number of hydrogen-bond donors (Lipinski definition) is 1. The third-order valence-electron chi connectivity index (χ3n) is 6.56. The number of hydrogen-bond acceptors (Lipinski definition) is 3. The fourth-order valence-electron chi connectivity index (χ4n) is 4.25. The molecule has 2 atom stereocenters. The van der Waals surface area contributed by atoms with Gasteiger partial charge in [0, 0.05) is 32.1 Å². The molecule has 2 unspecified atom stereocenters. The van der Waals surface area contributed by atoms with Gasteiger partial charge in [0.2, 0.25) is 5.91 Å². The number of nitrogens with one attached hydrogen (secondary N) is 1. The summed E-state index contributed by atoms with van der Waals surface area (Å²) in [6, 6.07) is 6.28. The number of fused-ring (bicyclic) bond motifs is 1. The highest BCUT2D eigenvalue weighted by Crippen LogP contribution is 2.41. The molecule has 30 heavy (non-hydrogen) atoms. The van der Waals surface area contributed by atoms with Gasteiger partial charge in [-0.25, -0.2) is 4.79 Å². The van der Waals surface area contributed by atoms with Crippen molar-refractivity contribution in [3.63, 3.8) is 0 Å². The van der Waals surface area contributed by atoms with E-state index >= 15 is 0 Å². The number of ether oxygens (including phenoxy) is 1. The highest BCUT2D eigenvalue weighted by Gasteiger charge is 2.48. The minimum absolute atomic E-state index is 0.0460. The predicted molar refractivity (Wildman–Crippen MR) is 103 cm³/mol. The van der Waals surface area contributed by atoms with Crippen molar-refractivity contribution < 1.29 is 27.5 Å². The average molecular weight is 425 g/mol. The van der Waals surface area contributed by atoms with Crippen LogP contribution >= 0.6 is 0 Å². The van der Waals surface area contributed by atoms with Crippen molar-refractivity contribution in [1.82, 2.24) is 15.1 Å². The zero-order valence-electron chi connectivity index (χ0n) is 17.0. The Balaban J connectivity index is 1.32. The molecule has 3 aliphatic rings. The Hall–Kier alpha value is -2.29. The molecule has 1 aromatic rings. The smallest absolute Gasteiger partial charge is 0.366 e. The van der Waals surface area contributed by atoms with E-state index in [-0.39, 0.29) is 42.2 Å². The first-order valence-electron chi connectivity index (χ1n) is 10.2. The van der Waals surface area contributed by atoms with Gasteiger partial charge in [-0.15, -0.1) is 0 Å². The summed E-state index contributed by atoms with van der Waals surface area (Å²) >= 11 is 0. The lowest BCUT2D eigenvalue weighted by atomic mass is 9.82. The zero-order valence-corrected chi connectivity index (χ0v) is 17.0. The standard InChI is InChI=1S/C21H26F3N3O3/c1-20(2,21(22,23)24)15-5-3-13(4-6-15)14-9-27(10-14)19(29)26-8-7-17-16(11-26)25-18(28)12-30-17/h3-6,14,16-17H,7-12H2,1-2H3,(H,25,28). The van der Waals surface area contributed by atoms with Crippen molar-refractivity contribution in [1.29, 1.82) is 0 Å². The van der Waals surface area contributed by atoms with Gasteiger partial charge in [-0.2, -0.15) is 13.2 Å². The maximum absolute atomic E-state index is 13.2. The van der Waals surface area contributed by atoms with E-state index in [0.29, 0.717) is 32.6 Å². The lowest BCUT2D eigenvalue weighted by molar-refractivity contribution is -0.180. The van der Waals surface area contributed by atoms with E-state index in [1.54, 1.807) is 21.9 Å². The van der Waals surface area contributed by atoms with E-state index in [9.17, 15) is 22.8 Å². The second kappa shape index (κ2) is 7.44. The number of benzene rings is 1. The SMILES string of the molecule is CC(C)(c1ccc(C2CN(C(=O)N3CCC4OCC(=O)NC4C3)C2)cc1)C(F)(F)F. The fraction of sp³-hybridized carbons (Fsp3) is 0.619. The summed E-state index contributed by atoms with van der Waals surface area (Å²) in [5.41, 5.74) is -0.740. The largest absolute Gasteiger partial charge is 0.397 e. The van der Waals surface area contributed by atoms with E-state index < -0.39 is 11.6 Å². The van der Waals surface area contributed by atoms with Crippen LogP contribution in [-0.4, -0.2) is 72.8 Å². The van der Waals surface area contributed by atoms with E-state index in [1.165, 1.54) is 26.0 Å². The molecule has 1 aromatic carbocycles. The molecule has 1 N–H and O–H groups in total. The number of piperidine rings is 1. The van der Waals surface area contributed by atoms with Crippen LogP contribution in [0.5, 0.6) is 0 Å². The molecule has 9 heteroatoms. The summed E-state index contributed by atoms with van der Waals surface area (Å²) < 4.78 is 45.2. The summed E-state index contributed by atoms with van der Waals surface area (Å²) in [5.74, 6) is -0.0426. The van der Waals surface area contributed by atoms with Gasteiger partial charge in [0.15, 0.2) is 0 Å². The van der Waals surface area contributed by atoms with Crippen molar-refractivity contribution in [2.75, 3.05) is 32.8 Å². The zero-order chi connectivity index (χ0) is 21.7. The summed E-state index contributed by atoms with van der Waals surface area (Å²) in [6.45, 7) is 4.50. The molecule has 3 fully saturated rings. The highest BCUT2D eigenvalue weighted by molar-refractivity contribution is 5.79. The Labute approximate surface area is 173 Å². The minimum Gasteiger partial charge on any atom is -0.366 e. The summed E-state index contributed by atoms with van der Waals surface area (Å²) in [4.78, 5) is 27.8. The molecular formula is C21H26F3N3O3. The van der Waals surface area contributed by atoms with E-state index in [4.69, 9.17) is 4.74 Å². The monoisotopic (exact) mass is 425 g/mol. The van der Waals surface area contributed by atoms with Crippen molar-refractivity contribution in [3.05, 3.63) is 35.4 Å². The molecular weight excluding hydrogens is 399 g/mol. The molecule has 3 saturated heterocycles. The van der Waals surface area contributed by atoms with Gasteiger partial charge in [-0.05, 0) is 31.4 Å². The van der Waals surface area contributed by atoms with Crippen LogP contribution in [0.25, 0.3) is 0 Å². The summed E-state index contributed by atoms with van der Waals surface area (Å²) in [5, 5.41) is 2.88. The Morgan fingerprint density at radius 2 is 1.77 bits per heavy atom. The van der Waals surface area contributed by atoms with E-state index in [2.05, 4.69) is 5.32 Å². The Kier molecular flexibility index (Phi) is 5.20. The van der Waals surface area contributed by atoms with Gasteiger partial charge >= 0.3 is 12.2 Å². The second-order valence-corrected chi connectivity index (χ2v) is 8.89. The fourth-order valence-corrected chi connectivity index (χ4v) is 4.25. The Morgan fingerprint density at radius 3 is 2.40 bits per heavy atom. The van der Waals surface area contributed by atoms with Crippen LogP contribution in [0.2, 0.25) is 0 Å². The molecule has 0 spiro atoms. The molecule has 4 rings (SSSR count). The van der Waals surface area contributed by atoms with Crippen molar-refractivity contribution >= 4 is 11.9 Å². The molecule has 6 nitrogen and oxygen atoms in total. The normalized spacial score (nSPS) is 25.4. The lowest BCUT2D eigenvalue weighted by Crippen LogP contribution is -2.63. The summed E-state index contributed by atoms with van der Waals surface area (Å²) in [6.07, 6.45) is -3.68. The average Bonchev–Trinajstić information content (AvgIpc) is 2.65. The van der Waals surface area contributed by atoms with Gasteiger partial charge in [0.25, 0.3) is 0 Å². The maximum Gasteiger partial charge on any atom is 0.397 e. The molecule has 0 aliphatic carbocycles. The number of urea groups is 1. The molecule has 0 saturated carbocycles. The third kappa shape index (κ3) is 3.75. The highest BCUT2D eigenvalue weighted by atomic mass is 19.4. The van der Waals surface area contributed by atoms with Crippen molar-refractivity contribution in [2.45, 2.75) is 49.9 Å². The van der Waals surface area contributed by atoms with Crippen LogP contribution in [0.1, 0.15) is 37.3 Å². The van der Waals surface area contributed by atoms with Gasteiger partial charge in [0.05, 0.1) is 17.6 Å².